The van der Waals surface area contributed by atoms with Gasteiger partial charge in [0.05, 0.1) is 36.5 Å². The van der Waals surface area contributed by atoms with Crippen LogP contribution in [0.5, 0.6) is 0 Å². The number of piperidine rings is 1. The molecule has 0 unspecified atom stereocenters. The molecule has 166 valence electrons. The second-order valence-electron chi connectivity index (χ2n) is 7.46. The fourth-order valence-corrected chi connectivity index (χ4v) is 3.77. The molecule has 0 N–H and O–H groups in total. The molecule has 1 heterocycles. The van der Waals surface area contributed by atoms with E-state index in [2.05, 4.69) is 6.07 Å². The number of hydrogen-bond acceptors (Lipinski definition) is 3. The smallest absolute Gasteiger partial charge is 0.373 e. The van der Waals surface area contributed by atoms with E-state index in [1.807, 2.05) is 35.2 Å². The Labute approximate surface area is 175 Å². The zero-order valence-electron chi connectivity index (χ0n) is 16.4. The second kappa shape index (κ2) is 9.28. The Morgan fingerprint density at radius 3 is 2.13 bits per heavy atom. The van der Waals surface area contributed by atoms with Crippen LogP contribution in [0.3, 0.4) is 0 Å². The van der Waals surface area contributed by atoms with E-state index in [0.717, 1.165) is 5.56 Å². The lowest BCUT2D eigenvalue weighted by molar-refractivity contribution is -0.143. The number of nitrogens with zero attached hydrogens (tertiary/aromatic N) is 2. The minimum absolute atomic E-state index is 0.108. The summed E-state index contributed by atoms with van der Waals surface area (Å²) < 4.78 is 84.4. The van der Waals surface area contributed by atoms with Crippen molar-refractivity contribution in [2.24, 2.45) is 0 Å². The predicted octanol–water partition coefficient (Wildman–Crippen LogP) is 5.62. The van der Waals surface area contributed by atoms with Crippen LogP contribution >= 0.6 is 0 Å². The minimum atomic E-state index is -4.90. The second-order valence-corrected chi connectivity index (χ2v) is 7.46. The number of hydrogen-bond donors (Lipinski definition) is 0. The number of likely N-dealkylation sites (tertiary alicyclic amines) is 1. The van der Waals surface area contributed by atoms with Crippen molar-refractivity contribution in [3.05, 3.63) is 70.8 Å². The van der Waals surface area contributed by atoms with Gasteiger partial charge in [-0.2, -0.15) is 31.6 Å². The van der Waals surface area contributed by atoms with Crippen LogP contribution in [0.15, 0.2) is 48.5 Å². The zero-order chi connectivity index (χ0) is 22.6. The number of benzene rings is 2. The van der Waals surface area contributed by atoms with Crippen LogP contribution in [-0.4, -0.2) is 30.6 Å². The van der Waals surface area contributed by atoms with Crippen molar-refractivity contribution in [3.8, 4) is 6.07 Å². The maximum Gasteiger partial charge on any atom is 0.416 e. The first-order valence-corrected chi connectivity index (χ1v) is 9.62. The summed E-state index contributed by atoms with van der Waals surface area (Å²) in [6.45, 7) is 0.925. The fourth-order valence-electron chi connectivity index (χ4n) is 3.77. The third-order valence-corrected chi connectivity index (χ3v) is 5.27. The summed E-state index contributed by atoms with van der Waals surface area (Å²) in [5.74, 6) is -0.156. The SMILES string of the molecule is N#CCN1CC[C@H](OCc2cc(C(F)(F)F)cc(C(F)(F)F)c2)[C@H](c2ccccc2)C1. The van der Waals surface area contributed by atoms with E-state index >= 15 is 0 Å². The molecule has 0 aromatic heterocycles. The lowest BCUT2D eigenvalue weighted by Crippen LogP contribution is -2.43. The third-order valence-electron chi connectivity index (χ3n) is 5.27. The highest BCUT2D eigenvalue weighted by Gasteiger charge is 2.37. The van der Waals surface area contributed by atoms with Crippen LogP contribution in [-0.2, 0) is 23.7 Å². The molecule has 1 aliphatic heterocycles. The van der Waals surface area contributed by atoms with Crippen molar-refractivity contribution in [2.75, 3.05) is 19.6 Å². The van der Waals surface area contributed by atoms with Crippen molar-refractivity contribution >= 4 is 0 Å². The minimum Gasteiger partial charge on any atom is -0.373 e. The fraction of sp³-hybridized carbons (Fsp3) is 0.409. The Kier molecular flexibility index (Phi) is 6.92. The molecule has 1 fully saturated rings. The van der Waals surface area contributed by atoms with E-state index < -0.39 is 29.6 Å². The Balaban J connectivity index is 1.82. The summed E-state index contributed by atoms with van der Waals surface area (Å²) in [5, 5.41) is 8.97. The van der Waals surface area contributed by atoms with Gasteiger partial charge in [-0.3, -0.25) is 4.90 Å². The third kappa shape index (κ3) is 5.99. The molecule has 0 bridgehead atoms. The first-order chi connectivity index (χ1) is 14.6. The predicted molar refractivity (Wildman–Crippen MR) is 101 cm³/mol. The molecule has 1 saturated heterocycles. The van der Waals surface area contributed by atoms with E-state index in [1.165, 1.54) is 0 Å². The number of nitriles is 1. The molecule has 1 aliphatic rings. The number of ether oxygens (including phenoxy) is 1. The average molecular weight is 442 g/mol. The van der Waals surface area contributed by atoms with E-state index in [4.69, 9.17) is 10.00 Å². The number of halogens is 6. The van der Waals surface area contributed by atoms with Crippen molar-refractivity contribution < 1.29 is 31.1 Å². The molecular formula is C22H20F6N2O. The van der Waals surface area contributed by atoms with Crippen LogP contribution in [0.4, 0.5) is 26.3 Å². The largest absolute Gasteiger partial charge is 0.416 e. The monoisotopic (exact) mass is 442 g/mol. The quantitative estimate of drug-likeness (QED) is 0.445. The molecule has 0 aliphatic carbocycles. The highest BCUT2D eigenvalue weighted by atomic mass is 19.4. The summed E-state index contributed by atoms with van der Waals surface area (Å²) in [6.07, 6.45) is -9.69. The van der Waals surface area contributed by atoms with Gasteiger partial charge in [-0.05, 0) is 35.7 Å². The molecule has 2 aromatic rings. The van der Waals surface area contributed by atoms with Gasteiger partial charge in [0.25, 0.3) is 0 Å². The van der Waals surface area contributed by atoms with Gasteiger partial charge in [-0.1, -0.05) is 30.3 Å². The van der Waals surface area contributed by atoms with E-state index in [-0.39, 0.29) is 30.7 Å². The zero-order valence-corrected chi connectivity index (χ0v) is 16.4. The van der Waals surface area contributed by atoms with Gasteiger partial charge >= 0.3 is 12.4 Å². The van der Waals surface area contributed by atoms with Crippen LogP contribution in [0.1, 0.15) is 34.6 Å². The number of rotatable bonds is 5. The molecule has 2 atom stereocenters. The molecule has 0 spiro atoms. The van der Waals surface area contributed by atoms with Crippen molar-refractivity contribution in [2.45, 2.75) is 37.4 Å². The molecule has 3 nitrogen and oxygen atoms in total. The molecular weight excluding hydrogens is 422 g/mol. The molecule has 0 amide bonds. The topological polar surface area (TPSA) is 36.3 Å². The van der Waals surface area contributed by atoms with Gasteiger partial charge in [-0.15, -0.1) is 0 Å². The standard InChI is InChI=1S/C22H20F6N2O/c23-21(24,25)17-10-15(11-18(12-17)22(26,27)28)14-31-20-6-8-30(9-7-29)13-19(20)16-4-2-1-3-5-16/h1-5,10-12,19-20H,6,8-9,13-14H2/t19-,20-/m0/s1. The van der Waals surface area contributed by atoms with E-state index in [0.29, 0.717) is 31.6 Å². The van der Waals surface area contributed by atoms with Gasteiger partial charge in [0, 0.05) is 19.0 Å². The lowest BCUT2D eigenvalue weighted by atomic mass is 9.88. The van der Waals surface area contributed by atoms with Gasteiger partial charge in [-0.25, -0.2) is 0 Å². The van der Waals surface area contributed by atoms with Crippen molar-refractivity contribution in [1.29, 1.82) is 5.26 Å². The maximum absolute atomic E-state index is 13.1. The van der Waals surface area contributed by atoms with Crippen molar-refractivity contribution in [3.63, 3.8) is 0 Å². The summed E-state index contributed by atoms with van der Waals surface area (Å²) >= 11 is 0. The van der Waals surface area contributed by atoms with Crippen LogP contribution in [0.25, 0.3) is 0 Å². The lowest BCUT2D eigenvalue weighted by Gasteiger charge is -2.37. The van der Waals surface area contributed by atoms with E-state index in [9.17, 15) is 26.3 Å². The summed E-state index contributed by atoms with van der Waals surface area (Å²) in [6, 6.07) is 12.9. The normalized spacial score (nSPS) is 20.4. The van der Waals surface area contributed by atoms with Gasteiger partial charge in [0.15, 0.2) is 0 Å². The number of alkyl halides is 6. The Bertz CT molecular complexity index is 888. The Hall–Kier alpha value is -2.57. The first-order valence-electron chi connectivity index (χ1n) is 9.62. The summed E-state index contributed by atoms with van der Waals surface area (Å²) in [7, 11) is 0. The van der Waals surface area contributed by atoms with Gasteiger partial charge in [0.2, 0.25) is 0 Å². The van der Waals surface area contributed by atoms with Gasteiger partial charge < -0.3 is 4.74 Å². The Morgan fingerprint density at radius 1 is 0.968 bits per heavy atom. The maximum atomic E-state index is 13.1. The first kappa shape index (κ1) is 23.1. The summed E-state index contributed by atoms with van der Waals surface area (Å²) in [4.78, 5) is 1.95. The molecule has 0 saturated carbocycles. The van der Waals surface area contributed by atoms with Gasteiger partial charge in [0.1, 0.15) is 0 Å². The molecule has 2 aromatic carbocycles. The van der Waals surface area contributed by atoms with Crippen LogP contribution in [0.2, 0.25) is 0 Å². The molecule has 0 radical (unpaired) electrons. The average Bonchev–Trinajstić information content (AvgIpc) is 2.72. The van der Waals surface area contributed by atoms with Crippen molar-refractivity contribution in [1.82, 2.24) is 4.90 Å². The highest BCUT2D eigenvalue weighted by Crippen LogP contribution is 2.37. The van der Waals surface area contributed by atoms with E-state index in [1.54, 1.807) is 0 Å². The molecule has 9 heteroatoms. The Morgan fingerprint density at radius 2 is 1.58 bits per heavy atom. The summed E-state index contributed by atoms with van der Waals surface area (Å²) in [5.41, 5.74) is -1.96. The van der Waals surface area contributed by atoms with Crippen LogP contribution < -0.4 is 0 Å². The molecule has 3 rings (SSSR count). The highest BCUT2D eigenvalue weighted by molar-refractivity contribution is 5.33. The molecule has 31 heavy (non-hydrogen) atoms. The van der Waals surface area contributed by atoms with Crippen LogP contribution in [0, 0.1) is 11.3 Å².